The van der Waals surface area contributed by atoms with Gasteiger partial charge in [0.1, 0.15) is 0 Å². The van der Waals surface area contributed by atoms with Crippen molar-refractivity contribution in [2.45, 2.75) is 37.5 Å². The smallest absolute Gasteiger partial charge is 0.251 e. The van der Waals surface area contributed by atoms with E-state index in [1.807, 2.05) is 0 Å². The molecule has 6 nitrogen and oxygen atoms in total. The van der Waals surface area contributed by atoms with Crippen molar-refractivity contribution in [1.29, 1.82) is 0 Å². The molecule has 0 unspecified atom stereocenters. The van der Waals surface area contributed by atoms with E-state index in [4.69, 9.17) is 0 Å². The molecule has 1 aromatic rings. The number of sulfonamides is 1. The Kier molecular flexibility index (Phi) is 7.20. The Morgan fingerprint density at radius 1 is 1.04 bits per heavy atom. The predicted molar refractivity (Wildman–Crippen MR) is 94.5 cm³/mol. The summed E-state index contributed by atoms with van der Waals surface area (Å²) in [6.45, 7) is 5.45. The second-order valence-corrected chi connectivity index (χ2v) is 7.93. The molecule has 0 aliphatic carbocycles. The quantitative estimate of drug-likeness (QED) is 0.696. The van der Waals surface area contributed by atoms with Crippen LogP contribution >= 0.6 is 0 Å². The van der Waals surface area contributed by atoms with Gasteiger partial charge < -0.3 is 10.6 Å². The fourth-order valence-electron chi connectivity index (χ4n) is 2.70. The molecule has 1 saturated heterocycles. The van der Waals surface area contributed by atoms with Crippen LogP contribution in [0.25, 0.3) is 0 Å². The monoisotopic (exact) mass is 353 g/mol. The molecule has 7 heteroatoms. The third-order valence-corrected chi connectivity index (χ3v) is 6.00. The second-order valence-electron chi connectivity index (χ2n) is 6.00. The minimum Gasteiger partial charge on any atom is -0.351 e. The van der Waals surface area contributed by atoms with Crippen molar-refractivity contribution in [2.24, 2.45) is 0 Å². The predicted octanol–water partition coefficient (Wildman–Crippen LogP) is 1.59. The second kappa shape index (κ2) is 9.15. The number of nitrogens with one attached hydrogen (secondary N) is 2. The van der Waals surface area contributed by atoms with Gasteiger partial charge in [-0.1, -0.05) is 13.3 Å². The van der Waals surface area contributed by atoms with E-state index in [-0.39, 0.29) is 10.8 Å². The summed E-state index contributed by atoms with van der Waals surface area (Å²) in [5.74, 6) is -0.185. The molecule has 1 aliphatic heterocycles. The molecule has 24 heavy (non-hydrogen) atoms. The van der Waals surface area contributed by atoms with Gasteiger partial charge in [-0.3, -0.25) is 4.79 Å². The molecule has 0 spiro atoms. The van der Waals surface area contributed by atoms with Crippen LogP contribution in [-0.2, 0) is 10.0 Å². The van der Waals surface area contributed by atoms with Crippen LogP contribution in [0, 0.1) is 0 Å². The van der Waals surface area contributed by atoms with Crippen LogP contribution < -0.4 is 10.6 Å². The van der Waals surface area contributed by atoms with Crippen LogP contribution in [-0.4, -0.2) is 51.4 Å². The van der Waals surface area contributed by atoms with Gasteiger partial charge in [0, 0.05) is 31.7 Å². The molecule has 2 N–H and O–H groups in total. The largest absolute Gasteiger partial charge is 0.351 e. The summed E-state index contributed by atoms with van der Waals surface area (Å²) in [4.78, 5) is 12.3. The number of benzene rings is 1. The number of amides is 1. The van der Waals surface area contributed by atoms with Crippen molar-refractivity contribution < 1.29 is 13.2 Å². The molecule has 0 atom stereocenters. The number of piperidine rings is 1. The van der Waals surface area contributed by atoms with Gasteiger partial charge in [0.2, 0.25) is 10.0 Å². The van der Waals surface area contributed by atoms with Crippen LogP contribution in [0.3, 0.4) is 0 Å². The van der Waals surface area contributed by atoms with Crippen LogP contribution in [0.5, 0.6) is 0 Å². The van der Waals surface area contributed by atoms with Gasteiger partial charge in [-0.25, -0.2) is 8.42 Å². The zero-order valence-electron chi connectivity index (χ0n) is 14.3. The van der Waals surface area contributed by atoms with E-state index in [9.17, 15) is 13.2 Å². The number of carbonyl (C=O) groups excluding carboxylic acids is 1. The Bertz CT molecular complexity index is 623. The average Bonchev–Trinajstić information content (AvgIpc) is 2.62. The van der Waals surface area contributed by atoms with Crippen molar-refractivity contribution in [3.05, 3.63) is 29.8 Å². The van der Waals surface area contributed by atoms with E-state index in [2.05, 4.69) is 17.6 Å². The SMILES string of the molecule is CCCNCCNC(=O)c1ccc(S(=O)(=O)N2CCCCC2)cc1. The van der Waals surface area contributed by atoms with E-state index in [0.29, 0.717) is 25.2 Å². The average molecular weight is 353 g/mol. The molecule has 1 heterocycles. The molecular formula is C17H27N3O3S. The molecule has 1 fully saturated rings. The highest BCUT2D eigenvalue weighted by Gasteiger charge is 2.25. The summed E-state index contributed by atoms with van der Waals surface area (Å²) in [6.07, 6.45) is 3.96. The van der Waals surface area contributed by atoms with Crippen LogP contribution in [0.2, 0.25) is 0 Å². The molecule has 0 saturated carbocycles. The third kappa shape index (κ3) is 5.03. The van der Waals surface area contributed by atoms with E-state index >= 15 is 0 Å². The normalized spacial score (nSPS) is 16.0. The maximum atomic E-state index is 12.6. The van der Waals surface area contributed by atoms with Gasteiger partial charge in [-0.15, -0.1) is 0 Å². The number of hydrogen-bond acceptors (Lipinski definition) is 4. The zero-order valence-corrected chi connectivity index (χ0v) is 15.1. The third-order valence-electron chi connectivity index (χ3n) is 4.08. The van der Waals surface area contributed by atoms with Gasteiger partial charge in [-0.05, 0) is 50.1 Å². The molecule has 2 rings (SSSR count). The van der Waals surface area contributed by atoms with Crippen molar-refractivity contribution in [2.75, 3.05) is 32.7 Å². The standard InChI is InChI=1S/C17H27N3O3S/c1-2-10-18-11-12-19-17(21)15-6-8-16(9-7-15)24(22,23)20-13-4-3-5-14-20/h6-9,18H,2-5,10-14H2,1H3,(H,19,21). The summed E-state index contributed by atoms with van der Waals surface area (Å²) in [7, 11) is -3.44. The highest BCUT2D eigenvalue weighted by atomic mass is 32.2. The fourth-order valence-corrected chi connectivity index (χ4v) is 4.22. The molecule has 0 radical (unpaired) electrons. The first kappa shape index (κ1) is 18.9. The van der Waals surface area contributed by atoms with Gasteiger partial charge >= 0.3 is 0 Å². The number of carbonyl (C=O) groups is 1. The topological polar surface area (TPSA) is 78.5 Å². The van der Waals surface area contributed by atoms with Crippen molar-refractivity contribution in [1.82, 2.24) is 14.9 Å². The van der Waals surface area contributed by atoms with Crippen LogP contribution in [0.4, 0.5) is 0 Å². The lowest BCUT2D eigenvalue weighted by Crippen LogP contribution is -2.35. The highest BCUT2D eigenvalue weighted by molar-refractivity contribution is 7.89. The van der Waals surface area contributed by atoms with Gasteiger partial charge in [0.15, 0.2) is 0 Å². The maximum Gasteiger partial charge on any atom is 0.251 e. The summed E-state index contributed by atoms with van der Waals surface area (Å²) in [5.41, 5.74) is 0.475. The maximum absolute atomic E-state index is 12.6. The lowest BCUT2D eigenvalue weighted by Gasteiger charge is -2.25. The van der Waals surface area contributed by atoms with Gasteiger partial charge in [0.25, 0.3) is 5.91 Å². The fraction of sp³-hybridized carbons (Fsp3) is 0.588. The Labute approximate surface area is 144 Å². The van der Waals surface area contributed by atoms with Crippen molar-refractivity contribution in [3.8, 4) is 0 Å². The molecule has 0 aromatic heterocycles. The zero-order chi connectivity index (χ0) is 17.4. The molecule has 1 aliphatic rings. The van der Waals surface area contributed by atoms with Crippen LogP contribution in [0.1, 0.15) is 43.0 Å². The first-order chi connectivity index (χ1) is 11.6. The van der Waals surface area contributed by atoms with Crippen LogP contribution in [0.15, 0.2) is 29.2 Å². The molecular weight excluding hydrogens is 326 g/mol. The Balaban J connectivity index is 1.93. The minimum absolute atomic E-state index is 0.185. The van der Waals surface area contributed by atoms with E-state index in [1.165, 1.54) is 16.4 Å². The summed E-state index contributed by atoms with van der Waals surface area (Å²) >= 11 is 0. The van der Waals surface area contributed by atoms with Crippen molar-refractivity contribution in [3.63, 3.8) is 0 Å². The summed E-state index contributed by atoms with van der Waals surface area (Å²) in [5, 5.41) is 6.03. The summed E-state index contributed by atoms with van der Waals surface area (Å²) < 4.78 is 26.6. The van der Waals surface area contributed by atoms with E-state index in [0.717, 1.165) is 38.8 Å². The molecule has 1 amide bonds. The molecule has 1 aromatic carbocycles. The number of hydrogen-bond donors (Lipinski definition) is 2. The Morgan fingerprint density at radius 2 is 1.71 bits per heavy atom. The lowest BCUT2D eigenvalue weighted by atomic mass is 10.2. The van der Waals surface area contributed by atoms with Gasteiger partial charge in [0.05, 0.1) is 4.90 Å². The van der Waals surface area contributed by atoms with E-state index < -0.39 is 10.0 Å². The molecule has 134 valence electrons. The number of rotatable bonds is 8. The highest BCUT2D eigenvalue weighted by Crippen LogP contribution is 2.20. The van der Waals surface area contributed by atoms with Gasteiger partial charge in [-0.2, -0.15) is 4.31 Å². The Morgan fingerprint density at radius 3 is 2.33 bits per heavy atom. The Hall–Kier alpha value is -1.44. The summed E-state index contributed by atoms with van der Waals surface area (Å²) in [6, 6.07) is 6.19. The minimum atomic E-state index is -3.44. The molecule has 0 bridgehead atoms. The van der Waals surface area contributed by atoms with E-state index in [1.54, 1.807) is 12.1 Å². The lowest BCUT2D eigenvalue weighted by molar-refractivity contribution is 0.0954. The number of nitrogens with zero attached hydrogens (tertiary/aromatic N) is 1. The first-order valence-electron chi connectivity index (χ1n) is 8.65. The first-order valence-corrected chi connectivity index (χ1v) is 10.1. The van der Waals surface area contributed by atoms with Crippen molar-refractivity contribution >= 4 is 15.9 Å².